The molecule has 1 aromatic carbocycles. The summed E-state index contributed by atoms with van der Waals surface area (Å²) >= 11 is 0. The fraction of sp³-hybridized carbons (Fsp3) is 0.360. The minimum Gasteiger partial charge on any atom is -0.497 e. The monoisotopic (exact) mass is 417 g/mol. The highest BCUT2D eigenvalue weighted by atomic mass is 16.5. The van der Waals surface area contributed by atoms with Crippen LogP contribution >= 0.6 is 0 Å². The molecule has 3 atom stereocenters. The maximum absolute atomic E-state index is 13.5. The number of rotatable bonds is 4. The van der Waals surface area contributed by atoms with Gasteiger partial charge in [-0.1, -0.05) is 25.1 Å². The number of nitrogens with one attached hydrogen (secondary N) is 1. The Morgan fingerprint density at radius 1 is 1.10 bits per heavy atom. The fourth-order valence-corrected chi connectivity index (χ4v) is 4.67. The first kappa shape index (κ1) is 21.0. The molecular formula is C25H27N3O3. The molecule has 0 bridgehead atoms. The van der Waals surface area contributed by atoms with Gasteiger partial charge in [-0.3, -0.25) is 14.6 Å². The van der Waals surface area contributed by atoms with Gasteiger partial charge >= 0.3 is 0 Å². The molecule has 1 amide bonds. The second kappa shape index (κ2) is 8.46. The molecule has 0 radical (unpaired) electrons. The molecule has 4 rings (SSSR count). The van der Waals surface area contributed by atoms with Gasteiger partial charge in [0.05, 0.1) is 13.0 Å². The SMILES string of the molecule is COc1cccc([C@@H]2C(C(=O)Nc3cccc(C)n3)=C(C)N=C3C[C@@H](C)CC(=O)[C@@H]32)c1. The van der Waals surface area contributed by atoms with E-state index < -0.39 is 11.8 Å². The van der Waals surface area contributed by atoms with Crippen molar-refractivity contribution in [1.82, 2.24) is 4.98 Å². The van der Waals surface area contributed by atoms with Crippen molar-refractivity contribution in [2.45, 2.75) is 39.5 Å². The van der Waals surface area contributed by atoms with Crippen LogP contribution in [-0.4, -0.2) is 29.5 Å². The number of ether oxygens (including phenoxy) is 1. The average molecular weight is 418 g/mol. The number of carbonyl (C=O) groups excluding carboxylic acids is 2. The van der Waals surface area contributed by atoms with Crippen LogP contribution in [0.15, 0.2) is 58.7 Å². The van der Waals surface area contributed by atoms with Gasteiger partial charge in [-0.15, -0.1) is 0 Å². The molecule has 1 fully saturated rings. The van der Waals surface area contributed by atoms with Gasteiger partial charge in [0.1, 0.15) is 17.4 Å². The number of benzene rings is 1. The van der Waals surface area contributed by atoms with Gasteiger partial charge in [-0.25, -0.2) is 4.98 Å². The van der Waals surface area contributed by atoms with Gasteiger partial charge in [0.25, 0.3) is 5.91 Å². The Morgan fingerprint density at radius 2 is 1.87 bits per heavy atom. The maximum atomic E-state index is 13.5. The molecule has 160 valence electrons. The second-order valence-electron chi connectivity index (χ2n) is 8.43. The van der Waals surface area contributed by atoms with Crippen LogP contribution in [0, 0.1) is 18.8 Å². The Labute approximate surface area is 182 Å². The van der Waals surface area contributed by atoms with E-state index in [4.69, 9.17) is 9.73 Å². The van der Waals surface area contributed by atoms with E-state index in [1.165, 1.54) is 0 Å². The Kier molecular flexibility index (Phi) is 5.72. The Balaban J connectivity index is 1.81. The predicted molar refractivity (Wildman–Crippen MR) is 120 cm³/mol. The number of aromatic nitrogens is 1. The summed E-state index contributed by atoms with van der Waals surface area (Å²) in [5.41, 5.74) is 3.72. The molecule has 2 heterocycles. The summed E-state index contributed by atoms with van der Waals surface area (Å²) in [5.74, 6) is 0.442. The Morgan fingerprint density at radius 3 is 2.61 bits per heavy atom. The van der Waals surface area contributed by atoms with E-state index in [1.54, 1.807) is 13.2 Å². The third kappa shape index (κ3) is 4.15. The number of methoxy groups -OCH3 is 1. The molecule has 2 aromatic rings. The minimum atomic E-state index is -0.432. The number of aryl methyl sites for hydroxylation is 1. The summed E-state index contributed by atoms with van der Waals surface area (Å²) in [5, 5.41) is 2.91. The van der Waals surface area contributed by atoms with Gasteiger partial charge in [0.15, 0.2) is 0 Å². The first-order valence-corrected chi connectivity index (χ1v) is 10.6. The van der Waals surface area contributed by atoms with Gasteiger partial charge in [0.2, 0.25) is 0 Å². The zero-order valence-corrected chi connectivity index (χ0v) is 18.3. The zero-order valence-electron chi connectivity index (χ0n) is 18.3. The smallest absolute Gasteiger partial charge is 0.255 e. The average Bonchev–Trinajstić information content (AvgIpc) is 2.72. The van der Waals surface area contributed by atoms with Crippen molar-refractivity contribution in [3.8, 4) is 5.75 Å². The summed E-state index contributed by atoms with van der Waals surface area (Å²) in [6, 6.07) is 13.1. The molecule has 0 spiro atoms. The third-order valence-corrected chi connectivity index (χ3v) is 5.99. The van der Waals surface area contributed by atoms with E-state index in [0.717, 1.165) is 23.4 Å². The number of allylic oxidation sites excluding steroid dienone is 1. The molecule has 1 aliphatic carbocycles. The van der Waals surface area contributed by atoms with Crippen molar-refractivity contribution in [2.75, 3.05) is 12.4 Å². The highest BCUT2D eigenvalue weighted by Gasteiger charge is 2.44. The zero-order chi connectivity index (χ0) is 22.1. The first-order valence-electron chi connectivity index (χ1n) is 10.6. The highest BCUT2D eigenvalue weighted by Crippen LogP contribution is 2.44. The van der Waals surface area contributed by atoms with Crippen LogP contribution in [0.4, 0.5) is 5.82 Å². The molecule has 6 heteroatoms. The van der Waals surface area contributed by atoms with E-state index in [9.17, 15) is 9.59 Å². The van der Waals surface area contributed by atoms with Crippen LogP contribution in [0.2, 0.25) is 0 Å². The molecule has 1 aromatic heterocycles. The number of hydrogen-bond donors (Lipinski definition) is 1. The highest BCUT2D eigenvalue weighted by molar-refractivity contribution is 6.14. The van der Waals surface area contributed by atoms with Crippen LogP contribution in [0.25, 0.3) is 0 Å². The number of anilines is 1. The summed E-state index contributed by atoms with van der Waals surface area (Å²) in [6.07, 6.45) is 1.26. The number of aliphatic imine (C=N–C) groups is 1. The molecule has 31 heavy (non-hydrogen) atoms. The number of carbonyl (C=O) groups is 2. The lowest BCUT2D eigenvalue weighted by Crippen LogP contribution is -2.41. The standard InChI is InChI=1S/C25H27N3O3/c1-14-11-19-24(20(29)12-14)23(17-8-6-9-18(13-17)31-4)22(16(3)27-19)25(30)28-21-10-5-7-15(2)26-21/h5-10,13-14,23-24H,11-12H2,1-4H3,(H,26,28,30)/t14-,23-,24-/m1/s1. The van der Waals surface area contributed by atoms with E-state index >= 15 is 0 Å². The molecule has 1 aliphatic heterocycles. The number of ketones is 1. The van der Waals surface area contributed by atoms with Crippen LogP contribution in [0.5, 0.6) is 5.75 Å². The Bertz CT molecular complexity index is 1100. The second-order valence-corrected chi connectivity index (χ2v) is 8.43. The van der Waals surface area contributed by atoms with E-state index in [1.807, 2.05) is 50.2 Å². The van der Waals surface area contributed by atoms with Gasteiger partial charge < -0.3 is 10.1 Å². The lowest BCUT2D eigenvalue weighted by atomic mass is 9.67. The van der Waals surface area contributed by atoms with E-state index in [-0.39, 0.29) is 17.6 Å². The normalized spacial score (nSPS) is 23.2. The molecule has 0 unspecified atom stereocenters. The number of pyridine rings is 1. The quantitative estimate of drug-likeness (QED) is 0.796. The van der Waals surface area contributed by atoms with Crippen LogP contribution < -0.4 is 10.1 Å². The number of amides is 1. The molecule has 2 aliphatic rings. The van der Waals surface area contributed by atoms with Crippen LogP contribution in [0.1, 0.15) is 43.9 Å². The number of hydrogen-bond acceptors (Lipinski definition) is 5. The van der Waals surface area contributed by atoms with Crippen molar-refractivity contribution in [1.29, 1.82) is 0 Å². The van der Waals surface area contributed by atoms with Gasteiger partial charge in [-0.2, -0.15) is 0 Å². The summed E-state index contributed by atoms with van der Waals surface area (Å²) in [6.45, 7) is 5.79. The lowest BCUT2D eigenvalue weighted by Gasteiger charge is -2.37. The number of fused-ring (bicyclic) bond motifs is 1. The van der Waals surface area contributed by atoms with Crippen molar-refractivity contribution >= 4 is 23.2 Å². The molecule has 0 saturated heterocycles. The largest absolute Gasteiger partial charge is 0.497 e. The fourth-order valence-electron chi connectivity index (χ4n) is 4.67. The first-order chi connectivity index (χ1) is 14.9. The predicted octanol–water partition coefficient (Wildman–Crippen LogP) is 4.46. The van der Waals surface area contributed by atoms with Gasteiger partial charge in [-0.05, 0) is 56.0 Å². The van der Waals surface area contributed by atoms with Crippen molar-refractivity contribution in [2.24, 2.45) is 16.8 Å². The molecular weight excluding hydrogens is 390 g/mol. The summed E-state index contributed by atoms with van der Waals surface area (Å²) in [7, 11) is 1.61. The van der Waals surface area contributed by atoms with Crippen LogP contribution in [0.3, 0.4) is 0 Å². The molecule has 6 nitrogen and oxygen atoms in total. The molecule has 1 saturated carbocycles. The number of nitrogens with zero attached hydrogens (tertiary/aromatic N) is 2. The van der Waals surface area contributed by atoms with Crippen molar-refractivity contribution in [3.05, 3.63) is 65.0 Å². The number of Topliss-reactive ketones (excluding diaryl/α,β-unsaturated/α-hetero) is 1. The lowest BCUT2D eigenvalue weighted by molar-refractivity contribution is -0.123. The van der Waals surface area contributed by atoms with Gasteiger partial charge in [0, 0.05) is 35.0 Å². The topological polar surface area (TPSA) is 80.7 Å². The maximum Gasteiger partial charge on any atom is 0.255 e. The van der Waals surface area contributed by atoms with E-state index in [2.05, 4.69) is 17.2 Å². The van der Waals surface area contributed by atoms with E-state index in [0.29, 0.717) is 29.3 Å². The summed E-state index contributed by atoms with van der Waals surface area (Å²) in [4.78, 5) is 35.8. The minimum absolute atomic E-state index is 0.136. The third-order valence-electron chi connectivity index (χ3n) is 5.99. The van der Waals surface area contributed by atoms with Crippen LogP contribution in [-0.2, 0) is 9.59 Å². The Hall–Kier alpha value is -3.28. The summed E-state index contributed by atoms with van der Waals surface area (Å²) < 4.78 is 5.42. The van der Waals surface area contributed by atoms with Crippen molar-refractivity contribution in [3.63, 3.8) is 0 Å². The molecule has 1 N–H and O–H groups in total. The van der Waals surface area contributed by atoms with Crippen molar-refractivity contribution < 1.29 is 14.3 Å².